The first kappa shape index (κ1) is 13.1. The molecule has 0 nitrogen and oxygen atoms in total. The lowest BCUT2D eigenvalue weighted by atomic mass is 9.81. The molecule has 0 heteroatoms. The van der Waals surface area contributed by atoms with Gasteiger partial charge in [-0.3, -0.25) is 0 Å². The zero-order valence-electron chi connectivity index (χ0n) is 13.4. The van der Waals surface area contributed by atoms with Crippen LogP contribution in [0.15, 0.2) is 42.5 Å². The Labute approximate surface area is 128 Å². The highest BCUT2D eigenvalue weighted by Gasteiger charge is 2.48. The van der Waals surface area contributed by atoms with Crippen LogP contribution in [0.5, 0.6) is 0 Å². The van der Waals surface area contributed by atoms with E-state index in [0.29, 0.717) is 5.41 Å². The van der Waals surface area contributed by atoms with Crippen molar-refractivity contribution in [1.82, 2.24) is 0 Å². The van der Waals surface area contributed by atoms with Crippen LogP contribution in [0.25, 0.3) is 0 Å². The van der Waals surface area contributed by atoms with Gasteiger partial charge in [0.05, 0.1) is 0 Å². The molecule has 0 unspecified atom stereocenters. The molecule has 21 heavy (non-hydrogen) atoms. The zero-order chi connectivity index (χ0) is 14.7. The van der Waals surface area contributed by atoms with E-state index < -0.39 is 0 Å². The molecule has 2 aliphatic carbocycles. The molecule has 4 rings (SSSR count). The molecule has 0 heterocycles. The van der Waals surface area contributed by atoms with Gasteiger partial charge in [0, 0.05) is 5.41 Å². The molecule has 108 valence electrons. The molecule has 0 aromatic heterocycles. The Hall–Kier alpha value is -1.56. The lowest BCUT2D eigenvalue weighted by Crippen LogP contribution is -2.15. The number of hydrogen-bond acceptors (Lipinski definition) is 0. The topological polar surface area (TPSA) is 0 Å². The maximum atomic E-state index is 2.49. The molecule has 0 bridgehead atoms. The predicted molar refractivity (Wildman–Crippen MR) is 89.0 cm³/mol. The third kappa shape index (κ3) is 1.96. The number of benzene rings is 2. The Balaban J connectivity index is 1.89. The molecule has 0 saturated heterocycles. The fourth-order valence-electron chi connectivity index (χ4n) is 4.02. The van der Waals surface area contributed by atoms with Gasteiger partial charge in [-0.1, -0.05) is 63.2 Å². The number of aryl methyl sites for hydroxylation is 2. The van der Waals surface area contributed by atoms with Gasteiger partial charge in [-0.15, -0.1) is 0 Å². The van der Waals surface area contributed by atoms with Gasteiger partial charge in [-0.25, -0.2) is 0 Å². The van der Waals surface area contributed by atoms with E-state index in [4.69, 9.17) is 0 Å². The minimum atomic E-state index is 0.241. The quantitative estimate of drug-likeness (QED) is 0.623. The highest BCUT2D eigenvalue weighted by atomic mass is 14.5. The van der Waals surface area contributed by atoms with Crippen molar-refractivity contribution < 1.29 is 0 Å². The van der Waals surface area contributed by atoms with Crippen molar-refractivity contribution in [2.24, 2.45) is 0 Å². The molecule has 1 spiro atoms. The molecule has 0 radical (unpaired) electrons. The highest BCUT2D eigenvalue weighted by molar-refractivity contribution is 5.54. The molecule has 1 saturated carbocycles. The molecule has 2 aromatic rings. The van der Waals surface area contributed by atoms with E-state index in [0.717, 1.165) is 0 Å². The molecule has 2 aliphatic rings. The summed E-state index contributed by atoms with van der Waals surface area (Å²) >= 11 is 0. The summed E-state index contributed by atoms with van der Waals surface area (Å²) in [5.74, 6) is 0. The second-order valence-corrected chi connectivity index (χ2v) is 7.86. The largest absolute Gasteiger partial charge is 0.0620 e. The summed E-state index contributed by atoms with van der Waals surface area (Å²) in [6.07, 6.45) is 5.04. The van der Waals surface area contributed by atoms with Gasteiger partial charge in [0.2, 0.25) is 0 Å². The average Bonchev–Trinajstić information content (AvgIpc) is 3.26. The van der Waals surface area contributed by atoms with E-state index in [1.807, 2.05) is 0 Å². The van der Waals surface area contributed by atoms with Crippen LogP contribution in [0.4, 0.5) is 0 Å². The summed E-state index contributed by atoms with van der Waals surface area (Å²) in [7, 11) is 0. The molecule has 0 aliphatic heterocycles. The Morgan fingerprint density at radius 1 is 0.810 bits per heavy atom. The smallest absolute Gasteiger partial charge is 0.0209 e. The predicted octanol–water partition coefficient (Wildman–Crippen LogP) is 5.16. The Bertz CT molecular complexity index is 696. The van der Waals surface area contributed by atoms with Crippen molar-refractivity contribution in [3.63, 3.8) is 0 Å². The lowest BCUT2D eigenvalue weighted by Gasteiger charge is -2.24. The molecule has 0 amide bonds. The maximum Gasteiger partial charge on any atom is 0.0209 e. The maximum absolute atomic E-state index is 2.49. The molecular formula is C21H24. The van der Waals surface area contributed by atoms with Crippen LogP contribution in [0, 0.1) is 0 Å². The minimum absolute atomic E-state index is 0.241. The summed E-state index contributed by atoms with van der Waals surface area (Å²) in [5, 5.41) is 0. The van der Waals surface area contributed by atoms with E-state index >= 15 is 0 Å². The first-order valence-electron chi connectivity index (χ1n) is 8.23. The third-order valence-corrected chi connectivity index (χ3v) is 5.43. The van der Waals surface area contributed by atoms with Crippen molar-refractivity contribution in [3.05, 3.63) is 70.3 Å². The van der Waals surface area contributed by atoms with Crippen molar-refractivity contribution >= 4 is 0 Å². The van der Waals surface area contributed by atoms with Crippen LogP contribution in [-0.2, 0) is 23.7 Å². The summed E-state index contributed by atoms with van der Waals surface area (Å²) in [6, 6.07) is 16.4. The average molecular weight is 276 g/mol. The van der Waals surface area contributed by atoms with Gasteiger partial charge in [-0.2, -0.15) is 0 Å². The van der Waals surface area contributed by atoms with Gasteiger partial charge in [0.25, 0.3) is 0 Å². The van der Waals surface area contributed by atoms with Crippen LogP contribution >= 0.6 is 0 Å². The van der Waals surface area contributed by atoms with Crippen molar-refractivity contribution in [2.75, 3.05) is 0 Å². The number of rotatable bonds is 0. The van der Waals surface area contributed by atoms with E-state index in [2.05, 4.69) is 63.2 Å². The first-order chi connectivity index (χ1) is 10.0. The van der Waals surface area contributed by atoms with Crippen molar-refractivity contribution in [1.29, 1.82) is 0 Å². The zero-order valence-corrected chi connectivity index (χ0v) is 13.4. The summed E-state index contributed by atoms with van der Waals surface area (Å²) in [6.45, 7) is 6.94. The SMILES string of the molecule is CC(C)(C)c1ccc2c(c1)CCc1ccccc1C21CC1. The van der Waals surface area contributed by atoms with Crippen molar-refractivity contribution in [2.45, 2.75) is 57.3 Å². The van der Waals surface area contributed by atoms with Crippen LogP contribution in [-0.4, -0.2) is 0 Å². The van der Waals surface area contributed by atoms with Gasteiger partial charge >= 0.3 is 0 Å². The first-order valence-corrected chi connectivity index (χ1v) is 8.23. The standard InChI is InChI=1S/C21H24/c1-20(2,3)17-10-11-19-16(14-17)9-8-15-6-4-5-7-18(15)21(19)12-13-21/h4-7,10-11,14H,8-9,12-13H2,1-3H3. The fraction of sp³-hybridized carbons (Fsp3) is 0.429. The summed E-state index contributed by atoms with van der Waals surface area (Å²) < 4.78 is 0. The van der Waals surface area contributed by atoms with Crippen LogP contribution < -0.4 is 0 Å². The molecule has 1 fully saturated rings. The van der Waals surface area contributed by atoms with Gasteiger partial charge in [0.15, 0.2) is 0 Å². The minimum Gasteiger partial charge on any atom is -0.0620 e. The van der Waals surface area contributed by atoms with E-state index in [1.165, 1.54) is 31.2 Å². The summed E-state index contributed by atoms with van der Waals surface area (Å²) in [5.41, 5.74) is 8.44. The number of fused-ring (bicyclic) bond motifs is 4. The Morgan fingerprint density at radius 2 is 1.48 bits per heavy atom. The van der Waals surface area contributed by atoms with Gasteiger partial charge in [-0.05, 0) is 58.9 Å². The fourth-order valence-corrected chi connectivity index (χ4v) is 4.02. The van der Waals surface area contributed by atoms with E-state index in [9.17, 15) is 0 Å². The van der Waals surface area contributed by atoms with Crippen LogP contribution in [0.1, 0.15) is 61.4 Å². The second-order valence-electron chi connectivity index (χ2n) is 7.86. The van der Waals surface area contributed by atoms with Crippen LogP contribution in [0.3, 0.4) is 0 Å². The van der Waals surface area contributed by atoms with Gasteiger partial charge in [0.1, 0.15) is 0 Å². The van der Waals surface area contributed by atoms with E-state index in [1.54, 1.807) is 22.3 Å². The van der Waals surface area contributed by atoms with Crippen LogP contribution in [0.2, 0.25) is 0 Å². The lowest BCUT2D eigenvalue weighted by molar-refractivity contribution is 0.588. The second kappa shape index (κ2) is 4.22. The molecular weight excluding hydrogens is 252 g/mol. The normalized spacial score (nSPS) is 18.8. The Kier molecular flexibility index (Phi) is 2.64. The molecule has 2 aromatic carbocycles. The van der Waals surface area contributed by atoms with E-state index in [-0.39, 0.29) is 5.41 Å². The molecule has 0 N–H and O–H groups in total. The number of hydrogen-bond donors (Lipinski definition) is 0. The Morgan fingerprint density at radius 3 is 2.19 bits per heavy atom. The monoisotopic (exact) mass is 276 g/mol. The van der Waals surface area contributed by atoms with Crippen molar-refractivity contribution in [3.8, 4) is 0 Å². The van der Waals surface area contributed by atoms with Gasteiger partial charge < -0.3 is 0 Å². The summed E-state index contributed by atoms with van der Waals surface area (Å²) in [4.78, 5) is 0. The highest BCUT2D eigenvalue weighted by Crippen LogP contribution is 2.56. The molecule has 0 atom stereocenters. The third-order valence-electron chi connectivity index (χ3n) is 5.43.